The Morgan fingerprint density at radius 3 is 2.67 bits per heavy atom. The average Bonchev–Trinajstić information content (AvgIpc) is 2.57. The van der Waals surface area contributed by atoms with Crippen LogP contribution in [0, 0.1) is 5.56 Å². The van der Waals surface area contributed by atoms with Gasteiger partial charge < -0.3 is 10.1 Å². The molecule has 1 heterocycles. The molecule has 2 nitrogen and oxygen atoms in total. The molecule has 5 heteroatoms. The summed E-state index contributed by atoms with van der Waals surface area (Å²) in [5.74, 6) is 0. The van der Waals surface area contributed by atoms with Gasteiger partial charge in [0.25, 0.3) is 0 Å². The van der Waals surface area contributed by atoms with Crippen LogP contribution < -0.4 is 5.32 Å². The van der Waals surface area contributed by atoms with Crippen molar-refractivity contribution in [1.29, 1.82) is 0 Å². The second-order valence-electron chi connectivity index (χ2n) is 3.26. The van der Waals surface area contributed by atoms with E-state index in [2.05, 4.69) is 5.32 Å². The topological polar surface area (TPSA) is 21.3 Å². The summed E-state index contributed by atoms with van der Waals surface area (Å²) in [7, 11) is 0. The third kappa shape index (κ3) is 2.70. The van der Waals surface area contributed by atoms with Crippen LogP contribution in [0.3, 0.4) is 0 Å². The van der Waals surface area contributed by atoms with E-state index in [0.29, 0.717) is 22.2 Å². The first-order valence-corrected chi connectivity index (χ1v) is 5.67. The molecule has 1 aliphatic rings. The molecule has 1 unspecified atom stereocenters. The van der Waals surface area contributed by atoms with Gasteiger partial charge in [-0.25, -0.2) is 0 Å². The molecule has 0 spiro atoms. The molecule has 1 aromatic carbocycles. The Kier molecular flexibility index (Phi) is 3.62. The predicted molar refractivity (Wildman–Crippen MR) is 63.5 cm³/mol. The lowest BCUT2D eigenvalue weighted by molar-refractivity contribution is 0.235. The van der Waals surface area contributed by atoms with E-state index in [1.54, 1.807) is 12.1 Å². The first-order valence-electron chi connectivity index (χ1n) is 4.53. The number of hydrogen-bond donors (Lipinski definition) is 1. The fourth-order valence-electron chi connectivity index (χ4n) is 1.41. The summed E-state index contributed by atoms with van der Waals surface area (Å²) in [5.41, 5.74) is 1.30. The maximum atomic E-state index is 6.02. The highest BCUT2D eigenvalue weighted by atomic mass is 35.5. The molecule has 1 aliphatic heterocycles. The van der Waals surface area contributed by atoms with Gasteiger partial charge in [-0.05, 0) is 24.6 Å². The molecule has 1 saturated heterocycles. The average molecular weight is 266 g/mol. The first-order chi connectivity index (χ1) is 7.16. The van der Waals surface area contributed by atoms with E-state index in [1.807, 2.05) is 6.07 Å². The van der Waals surface area contributed by atoms with Crippen molar-refractivity contribution in [3.63, 3.8) is 0 Å². The van der Waals surface area contributed by atoms with E-state index >= 15 is 0 Å². The highest BCUT2D eigenvalue weighted by Crippen LogP contribution is 2.31. The molecule has 0 bridgehead atoms. The van der Waals surface area contributed by atoms with Crippen LogP contribution in [-0.2, 0) is 4.74 Å². The number of anilines is 1. The molecule has 1 aromatic rings. The number of benzene rings is 1. The van der Waals surface area contributed by atoms with Gasteiger partial charge in [0.1, 0.15) is 0 Å². The standard InChI is InChI=1S/C10H9Cl3NO/c11-6-1-2-8(7(12)5-6)14-9-3-4-15-10(9)13/h1-2,5,9,14H,3-4H2. The normalized spacial score (nSPS) is 21.9. The predicted octanol–water partition coefficient (Wildman–Crippen LogP) is 3.92. The SMILES string of the molecule is Cl[C]1OCCC1Nc1ccc(Cl)cc1Cl. The van der Waals surface area contributed by atoms with Gasteiger partial charge in [0, 0.05) is 5.02 Å². The molecular formula is C10H9Cl3NO. The highest BCUT2D eigenvalue weighted by Gasteiger charge is 2.27. The maximum Gasteiger partial charge on any atom is 0.206 e. The molecule has 81 valence electrons. The van der Waals surface area contributed by atoms with E-state index < -0.39 is 0 Å². The van der Waals surface area contributed by atoms with Crippen LogP contribution in [0.2, 0.25) is 10.0 Å². The summed E-state index contributed by atoms with van der Waals surface area (Å²) in [6.45, 7) is 0.641. The van der Waals surface area contributed by atoms with Crippen molar-refractivity contribution >= 4 is 40.5 Å². The zero-order valence-corrected chi connectivity index (χ0v) is 10.0. The molecule has 1 N–H and O–H groups in total. The molecule has 1 atom stereocenters. The van der Waals surface area contributed by atoms with Crippen molar-refractivity contribution < 1.29 is 4.74 Å². The number of ether oxygens (including phenoxy) is 1. The van der Waals surface area contributed by atoms with Crippen LogP contribution in [0.25, 0.3) is 0 Å². The van der Waals surface area contributed by atoms with E-state index in [-0.39, 0.29) is 6.04 Å². The van der Waals surface area contributed by atoms with Gasteiger partial charge in [-0.15, -0.1) is 0 Å². The van der Waals surface area contributed by atoms with Crippen molar-refractivity contribution in [2.45, 2.75) is 12.5 Å². The molecule has 0 saturated carbocycles. The Hall–Kier alpha value is -0.150. The number of nitrogens with one attached hydrogen (secondary N) is 1. The lowest BCUT2D eigenvalue weighted by atomic mass is 10.2. The van der Waals surface area contributed by atoms with E-state index in [4.69, 9.17) is 39.5 Å². The fourth-order valence-corrected chi connectivity index (χ4v) is 2.12. The molecule has 2 rings (SSSR count). The van der Waals surface area contributed by atoms with Crippen molar-refractivity contribution in [3.05, 3.63) is 33.8 Å². The smallest absolute Gasteiger partial charge is 0.206 e. The zero-order valence-electron chi connectivity index (χ0n) is 7.77. The van der Waals surface area contributed by atoms with Gasteiger partial charge in [-0.3, -0.25) is 0 Å². The van der Waals surface area contributed by atoms with Crippen LogP contribution >= 0.6 is 34.8 Å². The molecule has 0 aromatic heterocycles. The van der Waals surface area contributed by atoms with Gasteiger partial charge >= 0.3 is 0 Å². The first kappa shape index (κ1) is 11.3. The minimum Gasteiger partial charge on any atom is -0.377 e. The maximum absolute atomic E-state index is 6.02. The third-order valence-electron chi connectivity index (χ3n) is 2.18. The van der Waals surface area contributed by atoms with Gasteiger partial charge in [0.2, 0.25) is 5.56 Å². The van der Waals surface area contributed by atoms with Crippen LogP contribution in [-0.4, -0.2) is 12.6 Å². The number of rotatable bonds is 2. The van der Waals surface area contributed by atoms with Crippen LogP contribution in [0.15, 0.2) is 18.2 Å². The lowest BCUT2D eigenvalue weighted by Gasteiger charge is -2.15. The van der Waals surface area contributed by atoms with Gasteiger partial charge in [-0.1, -0.05) is 34.8 Å². The summed E-state index contributed by atoms with van der Waals surface area (Å²) in [6, 6.07) is 5.31. The van der Waals surface area contributed by atoms with Crippen LogP contribution in [0.5, 0.6) is 0 Å². The number of hydrogen-bond acceptors (Lipinski definition) is 2. The molecule has 0 amide bonds. The summed E-state index contributed by atoms with van der Waals surface area (Å²) in [6.07, 6.45) is 0.845. The van der Waals surface area contributed by atoms with Crippen LogP contribution in [0.1, 0.15) is 6.42 Å². The van der Waals surface area contributed by atoms with Crippen LogP contribution in [0.4, 0.5) is 5.69 Å². The minimum atomic E-state index is 0.0188. The summed E-state index contributed by atoms with van der Waals surface area (Å²) in [4.78, 5) is 0. The summed E-state index contributed by atoms with van der Waals surface area (Å²) < 4.78 is 5.15. The monoisotopic (exact) mass is 264 g/mol. The van der Waals surface area contributed by atoms with E-state index in [0.717, 1.165) is 12.1 Å². The van der Waals surface area contributed by atoms with Crippen molar-refractivity contribution in [2.24, 2.45) is 0 Å². The summed E-state index contributed by atoms with van der Waals surface area (Å²) >= 11 is 17.7. The molecule has 1 fully saturated rings. The highest BCUT2D eigenvalue weighted by molar-refractivity contribution is 6.36. The second kappa shape index (κ2) is 4.79. The van der Waals surface area contributed by atoms with Crippen molar-refractivity contribution in [2.75, 3.05) is 11.9 Å². The molecular weight excluding hydrogens is 256 g/mol. The lowest BCUT2D eigenvalue weighted by Crippen LogP contribution is -2.19. The Bertz CT molecular complexity index is 359. The van der Waals surface area contributed by atoms with Gasteiger partial charge in [-0.2, -0.15) is 0 Å². The molecule has 1 radical (unpaired) electrons. The largest absolute Gasteiger partial charge is 0.377 e. The Morgan fingerprint density at radius 1 is 1.27 bits per heavy atom. The van der Waals surface area contributed by atoms with Crippen molar-refractivity contribution in [3.8, 4) is 0 Å². The van der Waals surface area contributed by atoms with Gasteiger partial charge in [0.05, 0.1) is 23.4 Å². The van der Waals surface area contributed by atoms with E-state index in [1.165, 1.54) is 0 Å². The van der Waals surface area contributed by atoms with Crippen molar-refractivity contribution in [1.82, 2.24) is 0 Å². The minimum absolute atomic E-state index is 0.0188. The second-order valence-corrected chi connectivity index (χ2v) is 4.48. The fraction of sp³-hybridized carbons (Fsp3) is 0.300. The van der Waals surface area contributed by atoms with Gasteiger partial charge in [0.15, 0.2) is 0 Å². The Balaban J connectivity index is 2.10. The van der Waals surface area contributed by atoms with E-state index in [9.17, 15) is 0 Å². The Morgan fingerprint density at radius 2 is 2.07 bits per heavy atom. The summed E-state index contributed by atoms with van der Waals surface area (Å²) in [5, 5.41) is 4.40. The number of halogens is 3. The third-order valence-corrected chi connectivity index (χ3v) is 3.10. The zero-order chi connectivity index (χ0) is 10.8. The molecule has 15 heavy (non-hydrogen) atoms. The Labute approximate surface area is 103 Å². The quantitative estimate of drug-likeness (QED) is 0.875. The molecule has 0 aliphatic carbocycles.